The second-order valence-electron chi connectivity index (χ2n) is 9.12. The summed E-state index contributed by atoms with van der Waals surface area (Å²) < 4.78 is 24.4. The first kappa shape index (κ1) is 26.4. The molecule has 3 aromatic rings. The van der Waals surface area contributed by atoms with Crippen LogP contribution in [0.2, 0.25) is 0 Å². The number of rotatable bonds is 10. The Kier molecular flexibility index (Phi) is 8.24. The molecule has 1 aliphatic heterocycles. The maximum Gasteiger partial charge on any atom is 0.320 e. The molecule has 0 saturated carbocycles. The number of ether oxygens (including phenoxy) is 1. The van der Waals surface area contributed by atoms with E-state index in [-0.39, 0.29) is 18.4 Å². The van der Waals surface area contributed by atoms with Crippen molar-refractivity contribution in [2.75, 3.05) is 18.0 Å². The van der Waals surface area contributed by atoms with Gasteiger partial charge in [0.05, 0.1) is 5.56 Å². The predicted octanol–water partition coefficient (Wildman–Crippen LogP) is 4.16. The molecule has 1 aliphatic rings. The van der Waals surface area contributed by atoms with Gasteiger partial charge in [0.25, 0.3) is 0 Å². The molecule has 0 spiro atoms. The van der Waals surface area contributed by atoms with Crippen LogP contribution in [-0.2, 0) is 9.59 Å². The van der Waals surface area contributed by atoms with Crippen molar-refractivity contribution in [3.8, 4) is 27.7 Å². The van der Waals surface area contributed by atoms with Gasteiger partial charge in [-0.2, -0.15) is 4.37 Å². The van der Waals surface area contributed by atoms with E-state index in [1.807, 2.05) is 24.3 Å². The molecule has 3 N–H and O–H groups in total. The van der Waals surface area contributed by atoms with Gasteiger partial charge in [-0.05, 0) is 73.1 Å². The van der Waals surface area contributed by atoms with Crippen LogP contribution in [0.3, 0.4) is 0 Å². The number of carbonyl (C=O) groups excluding carboxylic acids is 2. The van der Waals surface area contributed by atoms with E-state index >= 15 is 0 Å². The standard InChI is InChI=1S/C26H27FN4O5S/c1-15(10-21(28)26(34)35)11-22(33)36-23-18(14-32)12-17(13-20(23)27)25-29-24(30-37-25)16-4-6-19(7-5-16)31-8-2-3-9-31/h4-7,12-15,21H,2-3,8-11,28H2,1H3,(H,34,35)/t15?,21-/m0/s1. The number of aromatic nitrogens is 2. The molecule has 2 aromatic carbocycles. The van der Waals surface area contributed by atoms with Crippen molar-refractivity contribution in [2.45, 2.75) is 38.6 Å². The third-order valence-corrected chi connectivity index (χ3v) is 6.94. The Bertz CT molecular complexity index is 1290. The molecule has 9 nitrogen and oxygen atoms in total. The van der Waals surface area contributed by atoms with Gasteiger partial charge in [-0.15, -0.1) is 0 Å². The van der Waals surface area contributed by atoms with Crippen molar-refractivity contribution < 1.29 is 28.6 Å². The molecule has 0 amide bonds. The molecule has 0 radical (unpaired) electrons. The van der Waals surface area contributed by atoms with E-state index in [1.54, 1.807) is 6.92 Å². The van der Waals surface area contributed by atoms with E-state index in [4.69, 9.17) is 15.6 Å². The lowest BCUT2D eigenvalue weighted by molar-refractivity contribution is -0.140. The minimum Gasteiger partial charge on any atom is -0.480 e. The molecule has 2 atom stereocenters. The molecule has 11 heteroatoms. The van der Waals surface area contributed by atoms with Gasteiger partial charge < -0.3 is 20.5 Å². The zero-order chi connectivity index (χ0) is 26.5. The van der Waals surface area contributed by atoms with Crippen LogP contribution in [0.25, 0.3) is 22.0 Å². The van der Waals surface area contributed by atoms with Gasteiger partial charge in [-0.25, -0.2) is 9.37 Å². The number of benzene rings is 2. The minimum atomic E-state index is -1.18. The van der Waals surface area contributed by atoms with Gasteiger partial charge in [-0.1, -0.05) is 6.92 Å². The maximum atomic E-state index is 14.9. The molecule has 1 fully saturated rings. The van der Waals surface area contributed by atoms with Gasteiger partial charge in [0.15, 0.2) is 23.7 Å². The first-order chi connectivity index (χ1) is 17.7. The predicted molar refractivity (Wildman–Crippen MR) is 137 cm³/mol. The highest BCUT2D eigenvalue weighted by Gasteiger charge is 2.22. The number of hydrogen-bond donors (Lipinski definition) is 2. The molecule has 4 rings (SSSR count). The molecule has 1 unspecified atom stereocenters. The van der Waals surface area contributed by atoms with Crippen LogP contribution in [0.5, 0.6) is 5.75 Å². The fourth-order valence-electron chi connectivity index (χ4n) is 4.25. The molecule has 194 valence electrons. The van der Waals surface area contributed by atoms with Crippen molar-refractivity contribution in [3.05, 3.63) is 47.8 Å². The summed E-state index contributed by atoms with van der Waals surface area (Å²) in [5, 5.41) is 9.31. The van der Waals surface area contributed by atoms with Crippen molar-refractivity contribution in [2.24, 2.45) is 11.7 Å². The van der Waals surface area contributed by atoms with Crippen LogP contribution in [0.15, 0.2) is 36.4 Å². The monoisotopic (exact) mass is 526 g/mol. The zero-order valence-corrected chi connectivity index (χ0v) is 21.0. The third-order valence-electron chi connectivity index (χ3n) is 6.17. The number of esters is 1. The summed E-state index contributed by atoms with van der Waals surface area (Å²) in [6.45, 7) is 3.73. The van der Waals surface area contributed by atoms with Crippen LogP contribution in [-0.4, -0.2) is 51.8 Å². The summed E-state index contributed by atoms with van der Waals surface area (Å²) in [7, 11) is 0. The second-order valence-corrected chi connectivity index (χ2v) is 9.87. The quantitative estimate of drug-likeness (QED) is 0.227. The lowest BCUT2D eigenvalue weighted by Gasteiger charge is -2.17. The van der Waals surface area contributed by atoms with E-state index < -0.39 is 35.5 Å². The Morgan fingerprint density at radius 3 is 2.57 bits per heavy atom. The molecule has 0 bridgehead atoms. The molecular formula is C26H27FN4O5S. The highest BCUT2D eigenvalue weighted by atomic mass is 32.1. The average molecular weight is 527 g/mol. The zero-order valence-electron chi connectivity index (χ0n) is 20.2. The number of carboxylic acids is 1. The van der Waals surface area contributed by atoms with Gasteiger partial charge in [0, 0.05) is 36.3 Å². The van der Waals surface area contributed by atoms with E-state index in [2.05, 4.69) is 14.3 Å². The summed E-state index contributed by atoms with van der Waals surface area (Å²) in [6.07, 6.45) is 2.65. The third kappa shape index (κ3) is 6.36. The van der Waals surface area contributed by atoms with Crippen molar-refractivity contribution in [1.82, 2.24) is 9.36 Å². The molecule has 1 saturated heterocycles. The van der Waals surface area contributed by atoms with Crippen LogP contribution >= 0.6 is 11.5 Å². The number of nitrogens with two attached hydrogens (primary N) is 1. The van der Waals surface area contributed by atoms with Gasteiger partial charge in [-0.3, -0.25) is 14.4 Å². The minimum absolute atomic E-state index is 0.0484. The summed E-state index contributed by atoms with van der Waals surface area (Å²) >= 11 is 1.07. The Balaban J connectivity index is 1.47. The molecule has 0 aliphatic carbocycles. The molecule has 1 aromatic heterocycles. The summed E-state index contributed by atoms with van der Waals surface area (Å²) in [5.41, 5.74) is 7.65. The van der Waals surface area contributed by atoms with Crippen molar-refractivity contribution in [3.63, 3.8) is 0 Å². The largest absolute Gasteiger partial charge is 0.480 e. The molecular weight excluding hydrogens is 499 g/mol. The van der Waals surface area contributed by atoms with Crippen molar-refractivity contribution in [1.29, 1.82) is 0 Å². The summed E-state index contributed by atoms with van der Waals surface area (Å²) in [6, 6.07) is 9.37. The number of anilines is 1. The first-order valence-electron chi connectivity index (χ1n) is 11.9. The fourth-order valence-corrected chi connectivity index (χ4v) is 4.92. The van der Waals surface area contributed by atoms with E-state index in [0.29, 0.717) is 22.7 Å². The summed E-state index contributed by atoms with van der Waals surface area (Å²) in [5.74, 6) is -3.27. The normalized spacial score (nSPS) is 14.8. The average Bonchev–Trinajstić information content (AvgIpc) is 3.58. The number of carboxylic acid groups (broad SMARTS) is 1. The Labute approximate surface area is 217 Å². The van der Waals surface area contributed by atoms with Crippen LogP contribution in [0, 0.1) is 11.7 Å². The van der Waals surface area contributed by atoms with Gasteiger partial charge in [0.1, 0.15) is 11.0 Å². The van der Waals surface area contributed by atoms with E-state index in [9.17, 15) is 18.8 Å². The highest BCUT2D eigenvalue weighted by Crippen LogP contribution is 2.33. The molecule has 37 heavy (non-hydrogen) atoms. The van der Waals surface area contributed by atoms with Gasteiger partial charge >= 0.3 is 11.9 Å². The fraction of sp³-hybridized carbons (Fsp3) is 0.346. The van der Waals surface area contributed by atoms with Gasteiger partial charge in [0.2, 0.25) is 0 Å². The Hall–Kier alpha value is -3.70. The number of aliphatic carboxylic acids is 1. The lowest BCUT2D eigenvalue weighted by Crippen LogP contribution is -2.32. The number of nitrogens with zero attached hydrogens (tertiary/aromatic N) is 3. The highest BCUT2D eigenvalue weighted by molar-refractivity contribution is 7.09. The maximum absolute atomic E-state index is 14.9. The van der Waals surface area contributed by atoms with Crippen molar-refractivity contribution >= 4 is 35.4 Å². The lowest BCUT2D eigenvalue weighted by atomic mass is 9.99. The second kappa shape index (κ2) is 11.6. The number of aldehydes is 1. The Morgan fingerprint density at radius 2 is 1.92 bits per heavy atom. The smallest absolute Gasteiger partial charge is 0.320 e. The van der Waals surface area contributed by atoms with E-state index in [0.717, 1.165) is 41.9 Å². The number of halogens is 1. The first-order valence-corrected chi connectivity index (χ1v) is 12.7. The van der Waals surface area contributed by atoms with Crippen LogP contribution in [0.1, 0.15) is 43.0 Å². The number of carbonyl (C=O) groups is 3. The number of hydrogen-bond acceptors (Lipinski definition) is 9. The molecule has 2 heterocycles. The van der Waals surface area contributed by atoms with Crippen LogP contribution in [0.4, 0.5) is 10.1 Å². The summed E-state index contributed by atoms with van der Waals surface area (Å²) in [4.78, 5) is 41.7. The Morgan fingerprint density at radius 1 is 1.22 bits per heavy atom. The van der Waals surface area contributed by atoms with E-state index in [1.165, 1.54) is 18.9 Å². The SMILES string of the molecule is CC(CC(=O)Oc1c(F)cc(-c2nc(-c3ccc(N4CCCC4)cc3)ns2)cc1C=O)C[C@H](N)C(=O)O. The van der Waals surface area contributed by atoms with Crippen LogP contribution < -0.4 is 15.4 Å². The topological polar surface area (TPSA) is 136 Å².